The Kier molecular flexibility index (Phi) is 10.6. The van der Waals surface area contributed by atoms with Crippen LogP contribution in [0.15, 0.2) is 24.3 Å². The second-order valence-electron chi connectivity index (χ2n) is 3.78. The van der Waals surface area contributed by atoms with Gasteiger partial charge < -0.3 is 9.47 Å². The lowest BCUT2D eigenvalue weighted by Crippen LogP contribution is -2.13. The van der Waals surface area contributed by atoms with Crippen LogP contribution in [-0.2, 0) is 9.47 Å². The van der Waals surface area contributed by atoms with Crippen LogP contribution in [0.25, 0.3) is 0 Å². The molecule has 112 valence electrons. The fraction of sp³-hybridized carbons (Fsp3) is 0.467. The molecule has 0 saturated heterocycles. The Morgan fingerprint density at radius 3 is 1.55 bits per heavy atom. The van der Waals surface area contributed by atoms with E-state index < -0.39 is 11.9 Å². The maximum Gasteiger partial charge on any atom is 0.338 e. The van der Waals surface area contributed by atoms with Crippen molar-refractivity contribution in [1.29, 1.82) is 0 Å². The van der Waals surface area contributed by atoms with Crippen molar-refractivity contribution in [2.75, 3.05) is 19.4 Å². The monoisotopic (exact) mass is 298 g/mol. The maximum absolute atomic E-state index is 11.5. The molecule has 0 aliphatic heterocycles. The second kappa shape index (κ2) is 11.4. The summed E-state index contributed by atoms with van der Waals surface area (Å²) in [6, 6.07) is 6.44. The highest BCUT2D eigenvalue weighted by Gasteiger charge is 2.17. The third kappa shape index (κ3) is 6.67. The number of rotatable bonds is 5. The first-order valence-corrected chi connectivity index (χ1v) is 7.57. The predicted octanol–water partition coefficient (Wildman–Crippen LogP) is 3.31. The van der Waals surface area contributed by atoms with Crippen LogP contribution in [0, 0.1) is 0 Å². The molecule has 1 aromatic carbocycles. The molecule has 0 heterocycles. The lowest BCUT2D eigenvalue weighted by atomic mass is 10.1. The lowest BCUT2D eigenvalue weighted by Gasteiger charge is -2.07. The summed E-state index contributed by atoms with van der Waals surface area (Å²) >= 11 is 0. The Balaban J connectivity index is 0.000000796. The molecule has 0 saturated carbocycles. The Bertz CT molecular complexity index is 379. The number of carbonyl (C=O) groups excluding carboxylic acids is 2. The molecule has 1 aromatic rings. The predicted molar refractivity (Wildman–Crippen MR) is 83.2 cm³/mol. The minimum atomic E-state index is -0.508. The van der Waals surface area contributed by atoms with Crippen molar-refractivity contribution in [3.8, 4) is 0 Å². The van der Waals surface area contributed by atoms with Crippen LogP contribution in [0.3, 0.4) is 0 Å². The van der Waals surface area contributed by atoms with E-state index in [2.05, 4.69) is 16.2 Å². The molecular weight excluding hydrogens is 275 g/mol. The van der Waals surface area contributed by atoms with Gasteiger partial charge in [-0.1, -0.05) is 25.5 Å². The normalized spacial score (nSPS) is 9.20. The molecule has 5 heteroatoms. The highest BCUT2D eigenvalue weighted by Crippen LogP contribution is 2.11. The second-order valence-corrected chi connectivity index (χ2v) is 4.35. The summed E-state index contributed by atoms with van der Waals surface area (Å²) in [6.07, 6.45) is 2.52. The molecule has 1 unspecified atom stereocenters. The largest absolute Gasteiger partial charge is 0.462 e. The summed E-state index contributed by atoms with van der Waals surface area (Å²) in [5.74, 6) is -1.02. The summed E-state index contributed by atoms with van der Waals surface area (Å²) in [5, 5.41) is 0. The first kappa shape index (κ1) is 18.6. The number of ether oxygens (including phenoxy) is 2. The van der Waals surface area contributed by atoms with Crippen LogP contribution in [0.2, 0.25) is 0 Å². The Morgan fingerprint density at radius 1 is 0.950 bits per heavy atom. The van der Waals surface area contributed by atoms with E-state index in [1.165, 1.54) is 12.6 Å². The fourth-order valence-electron chi connectivity index (χ4n) is 1.26. The van der Waals surface area contributed by atoms with Crippen LogP contribution in [0.4, 0.5) is 0 Å². The zero-order valence-electron chi connectivity index (χ0n) is 12.3. The quantitative estimate of drug-likeness (QED) is 0.618. The van der Waals surface area contributed by atoms with Gasteiger partial charge in [0.15, 0.2) is 0 Å². The van der Waals surface area contributed by atoms with Gasteiger partial charge in [0.05, 0.1) is 24.3 Å². The third-order valence-electron chi connectivity index (χ3n) is 2.21. The number of benzene rings is 1. The number of esters is 2. The van der Waals surface area contributed by atoms with E-state index in [0.717, 1.165) is 0 Å². The first-order chi connectivity index (χ1) is 9.62. The average molecular weight is 298 g/mol. The van der Waals surface area contributed by atoms with Gasteiger partial charge in [0.2, 0.25) is 0 Å². The van der Waals surface area contributed by atoms with Crippen molar-refractivity contribution >= 4 is 21.2 Å². The van der Waals surface area contributed by atoms with E-state index >= 15 is 0 Å². The van der Waals surface area contributed by atoms with Gasteiger partial charge in [-0.15, -0.1) is 9.24 Å². The van der Waals surface area contributed by atoms with E-state index in [4.69, 9.17) is 9.47 Å². The first-order valence-electron chi connectivity index (χ1n) is 6.75. The molecule has 1 atom stereocenters. The molecule has 0 spiro atoms. The average Bonchev–Trinajstić information content (AvgIpc) is 2.48. The van der Waals surface area contributed by atoms with Gasteiger partial charge >= 0.3 is 11.9 Å². The molecule has 0 N–H and O–H groups in total. The highest BCUT2D eigenvalue weighted by molar-refractivity contribution is 7.16. The molecule has 0 aliphatic rings. The van der Waals surface area contributed by atoms with Gasteiger partial charge in [-0.25, -0.2) is 9.59 Å². The van der Waals surface area contributed by atoms with Crippen LogP contribution in [0.5, 0.6) is 0 Å². The minimum Gasteiger partial charge on any atom is -0.462 e. The standard InChI is InChI=1S/C12H14O4.C3H9P/c1-3-15-11(13)9-7-5-6-8-10(9)12(14)16-4-2;1-2-3-4/h5-8H,3-4H2,1-2H3;2-4H2,1H3. The summed E-state index contributed by atoms with van der Waals surface area (Å²) < 4.78 is 9.70. The zero-order valence-corrected chi connectivity index (χ0v) is 13.5. The van der Waals surface area contributed by atoms with Gasteiger partial charge in [0.1, 0.15) is 0 Å². The van der Waals surface area contributed by atoms with Crippen molar-refractivity contribution in [2.24, 2.45) is 0 Å². The topological polar surface area (TPSA) is 52.6 Å². The van der Waals surface area contributed by atoms with Gasteiger partial charge in [-0.2, -0.15) is 0 Å². The maximum atomic E-state index is 11.5. The Labute approximate surface area is 123 Å². The van der Waals surface area contributed by atoms with Gasteiger partial charge in [0, 0.05) is 0 Å². The van der Waals surface area contributed by atoms with Crippen molar-refractivity contribution < 1.29 is 19.1 Å². The summed E-state index contributed by atoms with van der Waals surface area (Å²) in [6.45, 7) is 6.13. The third-order valence-corrected chi connectivity index (χ3v) is 2.78. The molecule has 4 nitrogen and oxygen atoms in total. The smallest absolute Gasteiger partial charge is 0.338 e. The molecular formula is C15H23O4P. The lowest BCUT2D eigenvalue weighted by molar-refractivity contribution is 0.0479. The van der Waals surface area contributed by atoms with Crippen molar-refractivity contribution in [1.82, 2.24) is 0 Å². The van der Waals surface area contributed by atoms with E-state index in [-0.39, 0.29) is 24.3 Å². The molecule has 0 aliphatic carbocycles. The van der Waals surface area contributed by atoms with E-state index in [1.54, 1.807) is 38.1 Å². The molecule has 0 aromatic heterocycles. The van der Waals surface area contributed by atoms with E-state index in [1.807, 2.05) is 0 Å². The minimum absolute atomic E-state index is 0.239. The van der Waals surface area contributed by atoms with Crippen molar-refractivity contribution in [3.05, 3.63) is 35.4 Å². The number of hydrogen-bond acceptors (Lipinski definition) is 4. The van der Waals surface area contributed by atoms with Crippen LogP contribution in [-0.4, -0.2) is 31.3 Å². The summed E-state index contributed by atoms with van der Waals surface area (Å²) in [5.41, 5.74) is 0.477. The highest BCUT2D eigenvalue weighted by atomic mass is 31.0. The van der Waals surface area contributed by atoms with Crippen molar-refractivity contribution in [3.63, 3.8) is 0 Å². The summed E-state index contributed by atoms with van der Waals surface area (Å²) in [7, 11) is 2.66. The van der Waals surface area contributed by atoms with E-state index in [0.29, 0.717) is 0 Å². The Morgan fingerprint density at radius 2 is 1.30 bits per heavy atom. The SMILES string of the molecule is CCCP.CCOC(=O)c1ccccc1C(=O)OCC. The number of hydrogen-bond donors (Lipinski definition) is 0. The summed E-state index contributed by atoms with van der Waals surface area (Å²) in [4.78, 5) is 23.1. The molecule has 0 fully saturated rings. The fourth-order valence-corrected chi connectivity index (χ4v) is 1.26. The molecule has 20 heavy (non-hydrogen) atoms. The molecule has 0 bridgehead atoms. The van der Waals surface area contributed by atoms with Crippen LogP contribution in [0.1, 0.15) is 47.9 Å². The van der Waals surface area contributed by atoms with E-state index in [9.17, 15) is 9.59 Å². The van der Waals surface area contributed by atoms with Gasteiger partial charge in [-0.05, 0) is 32.1 Å². The zero-order chi connectivity index (χ0) is 15.4. The molecule has 0 amide bonds. The van der Waals surface area contributed by atoms with Crippen molar-refractivity contribution in [2.45, 2.75) is 27.2 Å². The van der Waals surface area contributed by atoms with Crippen LogP contribution < -0.4 is 0 Å². The van der Waals surface area contributed by atoms with Crippen LogP contribution >= 0.6 is 9.24 Å². The number of carbonyl (C=O) groups is 2. The van der Waals surface area contributed by atoms with Gasteiger partial charge in [0.25, 0.3) is 0 Å². The Hall–Kier alpha value is -1.41. The van der Waals surface area contributed by atoms with Gasteiger partial charge in [-0.3, -0.25) is 0 Å². The molecule has 1 rings (SSSR count). The molecule has 0 radical (unpaired) electrons.